The van der Waals surface area contributed by atoms with Crippen LogP contribution in [0.4, 0.5) is 4.79 Å². The first-order chi connectivity index (χ1) is 11.2. The molecule has 0 aliphatic carbocycles. The molecular formula is C18H27NO5. The summed E-state index contributed by atoms with van der Waals surface area (Å²) in [7, 11) is 0. The van der Waals surface area contributed by atoms with Gasteiger partial charge < -0.3 is 14.9 Å². The van der Waals surface area contributed by atoms with Gasteiger partial charge in [0.15, 0.2) is 0 Å². The number of ether oxygens (including phenoxy) is 1. The number of carbonyl (C=O) groups is 2. The molecule has 1 aliphatic rings. The lowest BCUT2D eigenvalue weighted by molar-refractivity contribution is -0.124. The molecule has 2 N–H and O–H groups in total. The molecule has 134 valence electrons. The first-order valence-electron chi connectivity index (χ1n) is 8.01. The lowest BCUT2D eigenvalue weighted by Crippen LogP contribution is -2.52. The SMILES string of the molecule is CC(C)(C)N1CCC(O)(Cc2ccccc2)CC1.O=COC(=O)O. The molecule has 0 atom stereocenters. The van der Waals surface area contributed by atoms with E-state index in [-0.39, 0.29) is 12.0 Å². The van der Waals surface area contributed by atoms with Crippen LogP contribution in [-0.2, 0) is 16.0 Å². The summed E-state index contributed by atoms with van der Waals surface area (Å²) in [6, 6.07) is 10.3. The molecule has 24 heavy (non-hydrogen) atoms. The zero-order valence-electron chi connectivity index (χ0n) is 14.6. The molecule has 0 bridgehead atoms. The van der Waals surface area contributed by atoms with E-state index in [4.69, 9.17) is 14.7 Å². The summed E-state index contributed by atoms with van der Waals surface area (Å²) in [5.74, 6) is 0. The Morgan fingerprint density at radius 1 is 1.25 bits per heavy atom. The highest BCUT2D eigenvalue weighted by Crippen LogP contribution is 2.29. The van der Waals surface area contributed by atoms with Crippen LogP contribution >= 0.6 is 0 Å². The van der Waals surface area contributed by atoms with Crippen molar-refractivity contribution in [3.05, 3.63) is 35.9 Å². The molecule has 1 heterocycles. The fraction of sp³-hybridized carbons (Fsp3) is 0.556. The van der Waals surface area contributed by atoms with Crippen LogP contribution in [-0.4, -0.2) is 52.0 Å². The monoisotopic (exact) mass is 337 g/mol. The number of hydrogen-bond donors (Lipinski definition) is 2. The minimum absolute atomic E-state index is 0.150. The number of likely N-dealkylation sites (tertiary alicyclic amines) is 1. The molecule has 0 aromatic heterocycles. The zero-order chi connectivity index (χ0) is 18.2. The normalized spacial score (nSPS) is 17.3. The van der Waals surface area contributed by atoms with Crippen LogP contribution in [0.15, 0.2) is 30.3 Å². The third-order valence-corrected chi connectivity index (χ3v) is 4.17. The van der Waals surface area contributed by atoms with Gasteiger partial charge in [-0.3, -0.25) is 9.69 Å². The van der Waals surface area contributed by atoms with E-state index in [0.29, 0.717) is 0 Å². The first-order valence-corrected chi connectivity index (χ1v) is 8.01. The van der Waals surface area contributed by atoms with Gasteiger partial charge in [0.25, 0.3) is 0 Å². The predicted molar refractivity (Wildman–Crippen MR) is 90.8 cm³/mol. The third kappa shape index (κ3) is 7.10. The van der Waals surface area contributed by atoms with Gasteiger partial charge in [0, 0.05) is 25.0 Å². The van der Waals surface area contributed by atoms with Gasteiger partial charge in [0.1, 0.15) is 0 Å². The van der Waals surface area contributed by atoms with Gasteiger partial charge in [0.05, 0.1) is 5.60 Å². The first kappa shape index (κ1) is 20.1. The second kappa shape index (κ2) is 8.80. The van der Waals surface area contributed by atoms with Crippen molar-refractivity contribution < 1.29 is 24.5 Å². The minimum Gasteiger partial charge on any atom is -0.449 e. The average molecular weight is 337 g/mol. The van der Waals surface area contributed by atoms with Gasteiger partial charge in [-0.15, -0.1) is 0 Å². The van der Waals surface area contributed by atoms with Crippen molar-refractivity contribution in [2.75, 3.05) is 13.1 Å². The molecule has 0 saturated carbocycles. The van der Waals surface area contributed by atoms with E-state index >= 15 is 0 Å². The lowest BCUT2D eigenvalue weighted by atomic mass is 9.84. The van der Waals surface area contributed by atoms with E-state index in [1.807, 2.05) is 18.2 Å². The second-order valence-corrected chi connectivity index (χ2v) is 7.02. The fourth-order valence-corrected chi connectivity index (χ4v) is 2.79. The predicted octanol–water partition coefficient (Wildman–Crippen LogP) is 2.69. The van der Waals surface area contributed by atoms with Gasteiger partial charge in [-0.05, 0) is 39.2 Å². The van der Waals surface area contributed by atoms with Gasteiger partial charge in [-0.25, -0.2) is 4.79 Å². The number of piperidine rings is 1. The van der Waals surface area contributed by atoms with Crippen LogP contribution in [0.2, 0.25) is 0 Å². The Labute approximate surface area is 143 Å². The van der Waals surface area contributed by atoms with Crippen LogP contribution in [0.5, 0.6) is 0 Å². The van der Waals surface area contributed by atoms with E-state index < -0.39 is 11.8 Å². The molecule has 6 heteroatoms. The summed E-state index contributed by atoms with van der Waals surface area (Å²) < 4.78 is 3.28. The molecule has 2 rings (SSSR count). The van der Waals surface area contributed by atoms with Crippen molar-refractivity contribution >= 4 is 12.6 Å². The van der Waals surface area contributed by atoms with Crippen LogP contribution in [0.25, 0.3) is 0 Å². The summed E-state index contributed by atoms with van der Waals surface area (Å²) in [4.78, 5) is 20.6. The quantitative estimate of drug-likeness (QED) is 0.501. The van der Waals surface area contributed by atoms with E-state index in [9.17, 15) is 5.11 Å². The molecular weight excluding hydrogens is 310 g/mol. The Hall–Kier alpha value is -1.92. The topological polar surface area (TPSA) is 87.1 Å². The third-order valence-electron chi connectivity index (χ3n) is 4.17. The van der Waals surface area contributed by atoms with Crippen molar-refractivity contribution in [3.8, 4) is 0 Å². The second-order valence-electron chi connectivity index (χ2n) is 7.02. The van der Waals surface area contributed by atoms with Gasteiger partial charge >= 0.3 is 12.6 Å². The van der Waals surface area contributed by atoms with E-state index in [1.165, 1.54) is 5.56 Å². The summed E-state index contributed by atoms with van der Waals surface area (Å²) in [6.45, 7) is 8.57. The maximum Gasteiger partial charge on any atom is 0.513 e. The minimum atomic E-state index is -1.58. The highest BCUT2D eigenvalue weighted by atomic mass is 16.7. The average Bonchev–Trinajstić information content (AvgIpc) is 2.48. The van der Waals surface area contributed by atoms with Crippen LogP contribution in [0.1, 0.15) is 39.2 Å². The Balaban J connectivity index is 0.000000413. The molecule has 0 amide bonds. The molecule has 0 spiro atoms. The molecule has 0 unspecified atom stereocenters. The van der Waals surface area contributed by atoms with Crippen LogP contribution in [0, 0.1) is 0 Å². The summed E-state index contributed by atoms with van der Waals surface area (Å²) >= 11 is 0. The van der Waals surface area contributed by atoms with Crippen molar-refractivity contribution in [2.24, 2.45) is 0 Å². The fourth-order valence-electron chi connectivity index (χ4n) is 2.79. The maximum atomic E-state index is 10.7. The number of carbonyl (C=O) groups excluding carboxylic acids is 1. The number of rotatable bonds is 3. The van der Waals surface area contributed by atoms with Crippen molar-refractivity contribution in [2.45, 2.75) is 51.2 Å². The van der Waals surface area contributed by atoms with Crippen molar-refractivity contribution in [1.29, 1.82) is 0 Å². The largest absolute Gasteiger partial charge is 0.513 e. The summed E-state index contributed by atoms with van der Waals surface area (Å²) in [5, 5.41) is 18.1. The molecule has 0 radical (unpaired) electrons. The summed E-state index contributed by atoms with van der Waals surface area (Å²) in [5.41, 5.74) is 0.946. The summed E-state index contributed by atoms with van der Waals surface area (Å²) in [6.07, 6.45) is 0.953. The number of nitrogens with zero attached hydrogens (tertiary/aromatic N) is 1. The Kier molecular flexibility index (Phi) is 7.38. The number of hydrogen-bond acceptors (Lipinski definition) is 5. The van der Waals surface area contributed by atoms with Crippen molar-refractivity contribution in [1.82, 2.24) is 4.90 Å². The zero-order valence-corrected chi connectivity index (χ0v) is 14.6. The van der Waals surface area contributed by atoms with E-state index in [0.717, 1.165) is 32.4 Å². The molecule has 1 fully saturated rings. The molecule has 1 aromatic rings. The molecule has 1 aromatic carbocycles. The van der Waals surface area contributed by atoms with Crippen LogP contribution in [0.3, 0.4) is 0 Å². The van der Waals surface area contributed by atoms with E-state index in [2.05, 4.69) is 42.5 Å². The Morgan fingerprint density at radius 2 is 1.79 bits per heavy atom. The Morgan fingerprint density at radius 3 is 2.17 bits per heavy atom. The lowest BCUT2D eigenvalue weighted by Gasteiger charge is -2.44. The standard InChI is InChI=1S/C16H25NO.C2H2O4/c1-15(2,3)17-11-9-16(18,10-12-17)13-14-7-5-4-6-8-14;3-1-6-2(4)5/h4-8,18H,9-13H2,1-3H3;1H,(H,4,5). The van der Waals surface area contributed by atoms with Gasteiger partial charge in [-0.2, -0.15) is 0 Å². The van der Waals surface area contributed by atoms with Gasteiger partial charge in [-0.1, -0.05) is 30.3 Å². The Bertz CT molecular complexity index is 516. The van der Waals surface area contributed by atoms with Gasteiger partial charge in [0.2, 0.25) is 0 Å². The number of carboxylic acid groups (broad SMARTS) is 1. The van der Waals surface area contributed by atoms with E-state index in [1.54, 1.807) is 0 Å². The molecule has 1 aliphatic heterocycles. The highest BCUT2D eigenvalue weighted by molar-refractivity contribution is 5.66. The molecule has 1 saturated heterocycles. The number of aliphatic hydroxyl groups is 1. The van der Waals surface area contributed by atoms with Crippen LogP contribution < -0.4 is 0 Å². The highest BCUT2D eigenvalue weighted by Gasteiger charge is 2.35. The number of benzene rings is 1. The van der Waals surface area contributed by atoms with Crippen molar-refractivity contribution in [3.63, 3.8) is 0 Å². The smallest absolute Gasteiger partial charge is 0.449 e. The maximum absolute atomic E-state index is 10.7. The molecule has 6 nitrogen and oxygen atoms in total.